The van der Waals surface area contributed by atoms with E-state index in [1.165, 1.54) is 0 Å². The van der Waals surface area contributed by atoms with Crippen molar-refractivity contribution in [3.63, 3.8) is 0 Å². The molecule has 0 atom stereocenters. The molecule has 0 aliphatic carbocycles. The number of piperidine rings is 1. The van der Waals surface area contributed by atoms with E-state index in [2.05, 4.69) is 11.0 Å². The Bertz CT molecular complexity index is 772. The average Bonchev–Trinajstić information content (AvgIpc) is 2.64. The Hall–Kier alpha value is -2.84. The van der Waals surface area contributed by atoms with Gasteiger partial charge in [0.05, 0.1) is 17.2 Å². The van der Waals surface area contributed by atoms with E-state index < -0.39 is 5.97 Å². The quantitative estimate of drug-likeness (QED) is 0.907. The fourth-order valence-corrected chi connectivity index (χ4v) is 3.03. The largest absolute Gasteiger partial charge is 0.490 e. The second-order valence-electron chi connectivity index (χ2n) is 6.24. The van der Waals surface area contributed by atoms with Crippen LogP contribution in [0.5, 0.6) is 5.75 Å². The predicted molar refractivity (Wildman–Crippen MR) is 93.5 cm³/mol. The van der Waals surface area contributed by atoms with Crippen LogP contribution in [-0.4, -0.2) is 35.2 Å². The first-order valence-corrected chi connectivity index (χ1v) is 8.35. The highest BCUT2D eigenvalue weighted by Crippen LogP contribution is 2.21. The van der Waals surface area contributed by atoms with Gasteiger partial charge < -0.3 is 9.84 Å². The Morgan fingerprint density at radius 2 is 1.92 bits per heavy atom. The summed E-state index contributed by atoms with van der Waals surface area (Å²) < 4.78 is 6.00. The van der Waals surface area contributed by atoms with Gasteiger partial charge in [-0.05, 0) is 48.7 Å². The minimum absolute atomic E-state index is 0.166. The first kappa shape index (κ1) is 17.0. The van der Waals surface area contributed by atoms with Crippen molar-refractivity contribution in [2.75, 3.05) is 13.1 Å². The third-order valence-corrected chi connectivity index (χ3v) is 4.41. The lowest BCUT2D eigenvalue weighted by atomic mass is 10.1. The standard InChI is InChI=1S/C20H20N2O3/c21-13-16-2-1-3-19(12-16)25-18-8-10-22(11-9-18)14-15-4-6-17(7-5-15)20(23)24/h1-7,12,18H,8-11,14H2,(H,23,24). The molecule has 2 aromatic rings. The summed E-state index contributed by atoms with van der Waals surface area (Å²) in [6.07, 6.45) is 2.04. The van der Waals surface area contributed by atoms with Crippen molar-refractivity contribution in [2.45, 2.75) is 25.5 Å². The minimum atomic E-state index is -0.898. The van der Waals surface area contributed by atoms with Crippen LogP contribution >= 0.6 is 0 Å². The molecule has 5 nitrogen and oxygen atoms in total. The molecule has 1 heterocycles. The van der Waals surface area contributed by atoms with Crippen LogP contribution in [0.4, 0.5) is 0 Å². The van der Waals surface area contributed by atoms with Gasteiger partial charge in [0, 0.05) is 19.6 Å². The molecule has 3 rings (SSSR count). The van der Waals surface area contributed by atoms with Crippen LogP contribution in [0.15, 0.2) is 48.5 Å². The van der Waals surface area contributed by atoms with E-state index >= 15 is 0 Å². The van der Waals surface area contributed by atoms with Crippen LogP contribution < -0.4 is 4.74 Å². The first-order valence-electron chi connectivity index (χ1n) is 8.35. The maximum atomic E-state index is 10.9. The molecule has 1 saturated heterocycles. The second kappa shape index (κ2) is 7.82. The number of nitriles is 1. The van der Waals surface area contributed by atoms with Crippen molar-refractivity contribution in [1.82, 2.24) is 4.90 Å². The molecular formula is C20H20N2O3. The zero-order valence-corrected chi connectivity index (χ0v) is 13.9. The zero-order valence-electron chi connectivity index (χ0n) is 13.9. The predicted octanol–water partition coefficient (Wildman–Crippen LogP) is 3.30. The Kier molecular flexibility index (Phi) is 5.32. The molecule has 128 valence electrons. The number of aromatic carboxylic acids is 1. The van der Waals surface area contributed by atoms with Crippen molar-refractivity contribution in [2.24, 2.45) is 0 Å². The maximum absolute atomic E-state index is 10.9. The summed E-state index contributed by atoms with van der Waals surface area (Å²) in [5, 5.41) is 17.9. The van der Waals surface area contributed by atoms with Crippen LogP contribution in [0, 0.1) is 11.3 Å². The summed E-state index contributed by atoms with van der Waals surface area (Å²) in [5.41, 5.74) is 2.04. The molecule has 5 heteroatoms. The molecule has 1 aliphatic heterocycles. The fraction of sp³-hybridized carbons (Fsp3) is 0.300. The molecule has 1 aliphatic rings. The van der Waals surface area contributed by atoms with E-state index in [1.807, 2.05) is 24.3 Å². The molecule has 0 bridgehead atoms. The molecule has 0 spiro atoms. The van der Waals surface area contributed by atoms with E-state index in [0.29, 0.717) is 11.1 Å². The van der Waals surface area contributed by atoms with Gasteiger partial charge in [0.2, 0.25) is 0 Å². The fourth-order valence-electron chi connectivity index (χ4n) is 3.03. The summed E-state index contributed by atoms with van der Waals surface area (Å²) in [7, 11) is 0. The van der Waals surface area contributed by atoms with Gasteiger partial charge in [0.15, 0.2) is 0 Å². The van der Waals surface area contributed by atoms with Crippen LogP contribution in [0.2, 0.25) is 0 Å². The van der Waals surface area contributed by atoms with Gasteiger partial charge in [-0.1, -0.05) is 18.2 Å². The Morgan fingerprint density at radius 1 is 1.20 bits per heavy atom. The van der Waals surface area contributed by atoms with Crippen LogP contribution in [0.25, 0.3) is 0 Å². The maximum Gasteiger partial charge on any atom is 0.335 e. The van der Waals surface area contributed by atoms with Crippen molar-refractivity contribution in [3.05, 3.63) is 65.2 Å². The highest BCUT2D eigenvalue weighted by Gasteiger charge is 2.20. The van der Waals surface area contributed by atoms with Gasteiger partial charge >= 0.3 is 5.97 Å². The number of hydrogen-bond donors (Lipinski definition) is 1. The number of carboxylic acid groups (broad SMARTS) is 1. The molecule has 25 heavy (non-hydrogen) atoms. The number of likely N-dealkylation sites (tertiary alicyclic amines) is 1. The molecule has 0 amide bonds. The lowest BCUT2D eigenvalue weighted by Crippen LogP contribution is -2.37. The summed E-state index contributed by atoms with van der Waals surface area (Å²) in [5.74, 6) is -0.147. The van der Waals surface area contributed by atoms with Gasteiger partial charge in [0.25, 0.3) is 0 Å². The molecule has 0 radical (unpaired) electrons. The second-order valence-corrected chi connectivity index (χ2v) is 6.24. The number of ether oxygens (including phenoxy) is 1. The summed E-state index contributed by atoms with van der Waals surface area (Å²) >= 11 is 0. The molecule has 2 aromatic carbocycles. The number of hydrogen-bond acceptors (Lipinski definition) is 4. The van der Waals surface area contributed by atoms with E-state index in [0.717, 1.165) is 43.8 Å². The topological polar surface area (TPSA) is 73.6 Å². The lowest BCUT2D eigenvalue weighted by Gasteiger charge is -2.32. The Morgan fingerprint density at radius 3 is 2.56 bits per heavy atom. The number of benzene rings is 2. The molecule has 1 fully saturated rings. The van der Waals surface area contributed by atoms with Crippen molar-refractivity contribution >= 4 is 5.97 Å². The first-order chi connectivity index (χ1) is 12.1. The third kappa shape index (κ3) is 4.59. The smallest absolute Gasteiger partial charge is 0.335 e. The third-order valence-electron chi connectivity index (χ3n) is 4.41. The summed E-state index contributed by atoms with van der Waals surface area (Å²) in [6, 6.07) is 16.4. The Labute approximate surface area is 147 Å². The number of carboxylic acids is 1. The van der Waals surface area contributed by atoms with E-state index in [4.69, 9.17) is 15.1 Å². The van der Waals surface area contributed by atoms with Crippen LogP contribution in [0.1, 0.15) is 34.3 Å². The van der Waals surface area contributed by atoms with E-state index in [-0.39, 0.29) is 6.10 Å². The van der Waals surface area contributed by atoms with E-state index in [9.17, 15) is 4.79 Å². The number of carbonyl (C=O) groups is 1. The minimum Gasteiger partial charge on any atom is -0.490 e. The van der Waals surface area contributed by atoms with Gasteiger partial charge in [-0.25, -0.2) is 4.79 Å². The highest BCUT2D eigenvalue weighted by atomic mass is 16.5. The van der Waals surface area contributed by atoms with Crippen LogP contribution in [0.3, 0.4) is 0 Å². The van der Waals surface area contributed by atoms with Crippen molar-refractivity contribution < 1.29 is 14.6 Å². The number of nitrogens with zero attached hydrogens (tertiary/aromatic N) is 2. The van der Waals surface area contributed by atoms with E-state index in [1.54, 1.807) is 24.3 Å². The SMILES string of the molecule is N#Cc1cccc(OC2CCN(Cc3ccc(C(=O)O)cc3)CC2)c1. The molecule has 1 N–H and O–H groups in total. The van der Waals surface area contributed by atoms with Gasteiger partial charge in [-0.3, -0.25) is 4.90 Å². The molecule has 0 saturated carbocycles. The monoisotopic (exact) mass is 336 g/mol. The van der Waals surface area contributed by atoms with Gasteiger partial charge in [-0.15, -0.1) is 0 Å². The van der Waals surface area contributed by atoms with Crippen molar-refractivity contribution in [3.8, 4) is 11.8 Å². The van der Waals surface area contributed by atoms with Gasteiger partial charge in [-0.2, -0.15) is 5.26 Å². The number of rotatable bonds is 5. The molecule has 0 unspecified atom stereocenters. The molecular weight excluding hydrogens is 316 g/mol. The average molecular weight is 336 g/mol. The zero-order chi connectivity index (χ0) is 17.6. The normalized spacial score (nSPS) is 15.5. The lowest BCUT2D eigenvalue weighted by molar-refractivity contribution is 0.0696. The highest BCUT2D eigenvalue weighted by molar-refractivity contribution is 5.87. The Balaban J connectivity index is 1.50. The van der Waals surface area contributed by atoms with Crippen molar-refractivity contribution in [1.29, 1.82) is 5.26 Å². The summed E-state index contributed by atoms with van der Waals surface area (Å²) in [6.45, 7) is 2.68. The summed E-state index contributed by atoms with van der Waals surface area (Å²) in [4.78, 5) is 13.2. The van der Waals surface area contributed by atoms with Gasteiger partial charge in [0.1, 0.15) is 11.9 Å². The van der Waals surface area contributed by atoms with Crippen LogP contribution in [-0.2, 0) is 6.54 Å². The molecule has 0 aromatic heterocycles.